The zero-order chi connectivity index (χ0) is 14.2. The molecule has 2 unspecified atom stereocenters. The molecule has 1 fully saturated rings. The molecule has 0 aliphatic heterocycles. The molecule has 1 aromatic heterocycles. The van der Waals surface area contributed by atoms with Gasteiger partial charge in [0.15, 0.2) is 0 Å². The predicted molar refractivity (Wildman–Crippen MR) is 77.6 cm³/mol. The van der Waals surface area contributed by atoms with Gasteiger partial charge in [0.1, 0.15) is 9.23 Å². The second kappa shape index (κ2) is 5.87. The fraction of sp³-hybridized carbons (Fsp3) is 0.636. The van der Waals surface area contributed by atoms with Crippen molar-refractivity contribution in [2.24, 2.45) is 0 Å². The van der Waals surface area contributed by atoms with Crippen molar-refractivity contribution in [1.29, 1.82) is 0 Å². The molecule has 0 radical (unpaired) electrons. The van der Waals surface area contributed by atoms with Crippen molar-refractivity contribution in [3.63, 3.8) is 0 Å². The Morgan fingerprint density at radius 2 is 2.00 bits per heavy atom. The summed E-state index contributed by atoms with van der Waals surface area (Å²) in [6.07, 6.45) is 2.51. The second-order valence-electron chi connectivity index (χ2n) is 4.63. The van der Waals surface area contributed by atoms with E-state index in [9.17, 15) is 13.5 Å². The molecule has 0 amide bonds. The van der Waals surface area contributed by atoms with Gasteiger partial charge in [-0.1, -0.05) is 36.0 Å². The van der Waals surface area contributed by atoms with Crippen LogP contribution >= 0.6 is 34.5 Å². The average Bonchev–Trinajstić information content (AvgIpc) is 2.69. The van der Waals surface area contributed by atoms with Crippen molar-refractivity contribution in [1.82, 2.24) is 4.31 Å². The maximum absolute atomic E-state index is 12.5. The van der Waals surface area contributed by atoms with Crippen molar-refractivity contribution < 1.29 is 13.5 Å². The molecule has 2 rings (SSSR count). The van der Waals surface area contributed by atoms with Gasteiger partial charge in [-0.25, -0.2) is 8.42 Å². The van der Waals surface area contributed by atoms with Crippen LogP contribution in [0, 0.1) is 0 Å². The Labute approximate surface area is 127 Å². The minimum absolute atomic E-state index is 0.0180. The Morgan fingerprint density at radius 3 is 2.53 bits per heavy atom. The van der Waals surface area contributed by atoms with Gasteiger partial charge in [0.2, 0.25) is 10.0 Å². The van der Waals surface area contributed by atoms with Crippen molar-refractivity contribution >= 4 is 44.6 Å². The summed E-state index contributed by atoms with van der Waals surface area (Å²) < 4.78 is 26.7. The van der Waals surface area contributed by atoms with Crippen LogP contribution in [-0.2, 0) is 10.0 Å². The topological polar surface area (TPSA) is 57.6 Å². The molecule has 8 heteroatoms. The number of halogens is 2. The first-order valence-electron chi connectivity index (χ1n) is 5.95. The summed E-state index contributed by atoms with van der Waals surface area (Å²) in [7, 11) is -2.23. The first kappa shape index (κ1) is 15.5. The van der Waals surface area contributed by atoms with E-state index in [-0.39, 0.29) is 9.23 Å². The fourth-order valence-corrected chi connectivity index (χ4v) is 5.88. The van der Waals surface area contributed by atoms with E-state index in [4.69, 9.17) is 23.2 Å². The lowest BCUT2D eigenvalue weighted by atomic mass is 9.93. The fourth-order valence-electron chi connectivity index (χ4n) is 2.35. The van der Waals surface area contributed by atoms with E-state index >= 15 is 0 Å². The molecule has 0 bridgehead atoms. The van der Waals surface area contributed by atoms with Crippen molar-refractivity contribution in [2.45, 2.75) is 42.7 Å². The zero-order valence-corrected chi connectivity index (χ0v) is 13.5. The normalized spacial score (nSPS) is 24.9. The summed E-state index contributed by atoms with van der Waals surface area (Å²) in [5.74, 6) is 0. The number of aliphatic hydroxyl groups excluding tert-OH is 1. The maximum atomic E-state index is 12.5. The molecular weight excluding hydrogens is 329 g/mol. The van der Waals surface area contributed by atoms with Crippen LogP contribution in [0.2, 0.25) is 8.67 Å². The van der Waals surface area contributed by atoms with Crippen molar-refractivity contribution in [3.05, 3.63) is 14.7 Å². The lowest BCUT2D eigenvalue weighted by Gasteiger charge is -2.34. The van der Waals surface area contributed by atoms with Gasteiger partial charge in [0.25, 0.3) is 0 Å². The molecular formula is C11H15Cl2NO3S2. The lowest BCUT2D eigenvalue weighted by molar-refractivity contribution is 0.0638. The van der Waals surface area contributed by atoms with Crippen LogP contribution in [0.4, 0.5) is 0 Å². The van der Waals surface area contributed by atoms with Gasteiger partial charge >= 0.3 is 0 Å². The van der Waals surface area contributed by atoms with Gasteiger partial charge < -0.3 is 5.11 Å². The summed E-state index contributed by atoms with van der Waals surface area (Å²) in [6.45, 7) is 0. The zero-order valence-electron chi connectivity index (χ0n) is 10.3. The highest BCUT2D eigenvalue weighted by atomic mass is 35.5. The van der Waals surface area contributed by atoms with Gasteiger partial charge in [-0.2, -0.15) is 4.31 Å². The third-order valence-electron chi connectivity index (χ3n) is 3.44. The van der Waals surface area contributed by atoms with E-state index in [1.165, 1.54) is 17.4 Å². The van der Waals surface area contributed by atoms with E-state index in [1.807, 2.05) is 0 Å². The molecule has 1 saturated carbocycles. The molecule has 108 valence electrons. The number of likely N-dealkylation sites (N-methyl/N-ethyl adjacent to an activating group) is 1. The number of thiophene rings is 1. The SMILES string of the molecule is CN(C1CCCCC1O)S(=O)(=O)c1cc(Cl)sc1Cl. The van der Waals surface area contributed by atoms with Crippen molar-refractivity contribution in [2.75, 3.05) is 7.05 Å². The number of nitrogens with zero attached hydrogens (tertiary/aromatic N) is 1. The minimum atomic E-state index is -3.71. The number of sulfonamides is 1. The molecule has 0 spiro atoms. The number of aliphatic hydroxyl groups is 1. The molecule has 0 aromatic carbocycles. The van der Waals surface area contributed by atoms with Crippen LogP contribution < -0.4 is 0 Å². The van der Waals surface area contributed by atoms with Crippen molar-refractivity contribution in [3.8, 4) is 0 Å². The molecule has 1 heterocycles. The highest BCUT2D eigenvalue weighted by molar-refractivity contribution is 7.89. The molecule has 1 aromatic rings. The summed E-state index contributed by atoms with van der Waals surface area (Å²) in [6, 6.07) is 0.962. The Hall–Kier alpha value is 0.150. The molecule has 1 aliphatic carbocycles. The Bertz CT molecular complexity index is 558. The van der Waals surface area contributed by atoms with Crippen LogP contribution in [0.3, 0.4) is 0 Å². The van der Waals surface area contributed by atoms with E-state index in [0.717, 1.165) is 24.2 Å². The van der Waals surface area contributed by atoms with Crippen LogP contribution in [0.1, 0.15) is 25.7 Å². The highest BCUT2D eigenvalue weighted by Crippen LogP contribution is 2.37. The quantitative estimate of drug-likeness (QED) is 0.917. The number of rotatable bonds is 3. The summed E-state index contributed by atoms with van der Waals surface area (Å²) in [5.41, 5.74) is 0. The van der Waals surface area contributed by atoms with Gasteiger partial charge in [0.05, 0.1) is 16.5 Å². The van der Waals surface area contributed by atoms with Gasteiger partial charge in [-0.3, -0.25) is 0 Å². The van der Waals surface area contributed by atoms with E-state index in [1.54, 1.807) is 0 Å². The lowest BCUT2D eigenvalue weighted by Crippen LogP contribution is -2.46. The molecule has 1 aliphatic rings. The first-order chi connectivity index (χ1) is 8.84. The molecule has 0 saturated heterocycles. The molecule has 2 atom stereocenters. The molecule has 19 heavy (non-hydrogen) atoms. The Kier molecular flexibility index (Phi) is 4.80. The van der Waals surface area contributed by atoms with E-state index in [0.29, 0.717) is 17.2 Å². The van der Waals surface area contributed by atoms with Gasteiger partial charge in [0, 0.05) is 7.05 Å². The van der Waals surface area contributed by atoms with Gasteiger partial charge in [-0.15, -0.1) is 11.3 Å². The van der Waals surface area contributed by atoms with Crippen LogP contribution in [0.15, 0.2) is 11.0 Å². The molecule has 4 nitrogen and oxygen atoms in total. The largest absolute Gasteiger partial charge is 0.391 e. The summed E-state index contributed by atoms with van der Waals surface area (Å²) >= 11 is 12.7. The summed E-state index contributed by atoms with van der Waals surface area (Å²) in [4.78, 5) is 0.0180. The third kappa shape index (κ3) is 3.09. The van der Waals surface area contributed by atoms with Gasteiger partial charge in [-0.05, 0) is 18.9 Å². The second-order valence-corrected chi connectivity index (χ2v) is 8.88. The van der Waals surface area contributed by atoms with E-state index in [2.05, 4.69) is 0 Å². The monoisotopic (exact) mass is 343 g/mol. The standard InChI is InChI=1S/C11H15Cl2NO3S2/c1-14(7-4-2-3-5-8(7)15)19(16,17)9-6-10(12)18-11(9)13/h6-8,15H,2-5H2,1H3. The number of hydrogen-bond acceptors (Lipinski definition) is 4. The highest BCUT2D eigenvalue weighted by Gasteiger charge is 2.35. The Morgan fingerprint density at radius 1 is 1.37 bits per heavy atom. The minimum Gasteiger partial charge on any atom is -0.391 e. The van der Waals surface area contributed by atoms with Crippen LogP contribution in [0.5, 0.6) is 0 Å². The first-order valence-corrected chi connectivity index (χ1v) is 8.96. The molecule has 1 N–H and O–H groups in total. The summed E-state index contributed by atoms with van der Waals surface area (Å²) in [5, 5.41) is 9.96. The third-order valence-corrected chi connectivity index (χ3v) is 7.08. The number of hydrogen-bond donors (Lipinski definition) is 1. The van der Waals surface area contributed by atoms with Crippen LogP contribution in [0.25, 0.3) is 0 Å². The smallest absolute Gasteiger partial charge is 0.245 e. The average molecular weight is 344 g/mol. The Balaban J connectivity index is 2.31. The van der Waals surface area contributed by atoms with E-state index < -0.39 is 22.2 Å². The predicted octanol–water partition coefficient (Wildman–Crippen LogP) is 2.98. The maximum Gasteiger partial charge on any atom is 0.245 e. The van der Waals surface area contributed by atoms with Crippen LogP contribution in [-0.4, -0.2) is 37.0 Å².